The molecule has 0 amide bonds. The fraction of sp³-hybridized carbons (Fsp3) is 0.316. The molecule has 0 saturated carbocycles. The summed E-state index contributed by atoms with van der Waals surface area (Å²) in [6, 6.07) is 7.92. The van der Waals surface area contributed by atoms with E-state index in [1.54, 1.807) is 7.05 Å². The zero-order valence-electron chi connectivity index (χ0n) is 13.9. The standard InChI is InChI=1S/C19H18N2O2S2/c1-21-18(23)17-15(8-9-24-17)20-19(21)25-11-16(22)14-7-6-12-4-2-3-5-13(12)10-14/h6-10H,2-5,11H2,1H3. The Kier molecular flexibility index (Phi) is 4.48. The first kappa shape index (κ1) is 16.5. The molecule has 0 bridgehead atoms. The molecule has 4 nitrogen and oxygen atoms in total. The van der Waals surface area contributed by atoms with Crippen LogP contribution in [0.25, 0.3) is 10.2 Å². The lowest BCUT2D eigenvalue weighted by molar-refractivity contribution is 0.102. The topological polar surface area (TPSA) is 52.0 Å². The highest BCUT2D eigenvalue weighted by Gasteiger charge is 2.15. The van der Waals surface area contributed by atoms with Crippen LogP contribution in [0.3, 0.4) is 0 Å². The molecule has 2 aromatic heterocycles. The van der Waals surface area contributed by atoms with Gasteiger partial charge in [0.05, 0.1) is 11.3 Å². The summed E-state index contributed by atoms with van der Waals surface area (Å²) >= 11 is 2.73. The van der Waals surface area contributed by atoms with E-state index in [1.807, 2.05) is 23.6 Å². The second-order valence-electron chi connectivity index (χ2n) is 6.30. The number of carbonyl (C=O) groups excluding carboxylic acids is 1. The molecule has 25 heavy (non-hydrogen) atoms. The molecule has 0 fully saturated rings. The smallest absolute Gasteiger partial charge is 0.271 e. The number of carbonyl (C=O) groups is 1. The Hall–Kier alpha value is -1.92. The second kappa shape index (κ2) is 6.77. The number of ketones is 1. The lowest BCUT2D eigenvalue weighted by atomic mass is 9.90. The Morgan fingerprint density at radius 1 is 1.24 bits per heavy atom. The number of fused-ring (bicyclic) bond motifs is 2. The van der Waals surface area contributed by atoms with Crippen LogP contribution in [0.15, 0.2) is 39.6 Å². The zero-order chi connectivity index (χ0) is 17.4. The minimum absolute atomic E-state index is 0.0521. The molecule has 1 aliphatic carbocycles. The van der Waals surface area contributed by atoms with Crippen molar-refractivity contribution in [2.45, 2.75) is 30.8 Å². The van der Waals surface area contributed by atoms with Crippen molar-refractivity contribution in [2.75, 3.05) is 5.75 Å². The molecule has 2 heterocycles. The van der Waals surface area contributed by atoms with E-state index >= 15 is 0 Å². The summed E-state index contributed by atoms with van der Waals surface area (Å²) in [5.74, 6) is 0.368. The highest BCUT2D eigenvalue weighted by atomic mass is 32.2. The number of Topliss-reactive ketones (excluding diaryl/α,β-unsaturated/α-hetero) is 1. The van der Waals surface area contributed by atoms with Crippen molar-refractivity contribution < 1.29 is 4.79 Å². The number of aromatic nitrogens is 2. The van der Waals surface area contributed by atoms with Gasteiger partial charge >= 0.3 is 0 Å². The van der Waals surface area contributed by atoms with Gasteiger partial charge in [-0.2, -0.15) is 0 Å². The van der Waals surface area contributed by atoms with Crippen LogP contribution in [0, 0.1) is 0 Å². The van der Waals surface area contributed by atoms with Gasteiger partial charge in [0.1, 0.15) is 4.70 Å². The van der Waals surface area contributed by atoms with E-state index in [1.165, 1.54) is 51.6 Å². The largest absolute Gasteiger partial charge is 0.293 e. The van der Waals surface area contributed by atoms with Crippen molar-refractivity contribution >= 4 is 39.1 Å². The molecule has 6 heteroatoms. The summed E-state index contributed by atoms with van der Waals surface area (Å²) in [7, 11) is 1.71. The number of nitrogens with zero attached hydrogens (tertiary/aromatic N) is 2. The zero-order valence-corrected chi connectivity index (χ0v) is 15.6. The van der Waals surface area contributed by atoms with E-state index in [9.17, 15) is 9.59 Å². The minimum Gasteiger partial charge on any atom is -0.293 e. The first-order chi connectivity index (χ1) is 12.1. The van der Waals surface area contributed by atoms with Gasteiger partial charge in [0.25, 0.3) is 5.56 Å². The average molecular weight is 370 g/mol. The number of hydrogen-bond acceptors (Lipinski definition) is 5. The summed E-state index contributed by atoms with van der Waals surface area (Å²) in [5.41, 5.74) is 4.10. The van der Waals surface area contributed by atoms with E-state index < -0.39 is 0 Å². The van der Waals surface area contributed by atoms with E-state index in [4.69, 9.17) is 0 Å². The maximum Gasteiger partial charge on any atom is 0.271 e. The van der Waals surface area contributed by atoms with Crippen LogP contribution in [-0.4, -0.2) is 21.1 Å². The van der Waals surface area contributed by atoms with Crippen molar-refractivity contribution in [3.8, 4) is 0 Å². The Balaban J connectivity index is 1.54. The van der Waals surface area contributed by atoms with Gasteiger partial charge in [0.15, 0.2) is 10.9 Å². The molecular formula is C19H18N2O2S2. The van der Waals surface area contributed by atoms with Crippen LogP contribution in [0.5, 0.6) is 0 Å². The number of rotatable bonds is 4. The Labute approximate surface area is 153 Å². The average Bonchev–Trinajstić information content (AvgIpc) is 3.11. The molecule has 128 valence electrons. The van der Waals surface area contributed by atoms with Gasteiger partial charge in [-0.25, -0.2) is 4.98 Å². The molecule has 0 atom stereocenters. The summed E-state index contributed by atoms with van der Waals surface area (Å²) < 4.78 is 2.19. The van der Waals surface area contributed by atoms with Crippen LogP contribution >= 0.6 is 23.1 Å². The second-order valence-corrected chi connectivity index (χ2v) is 8.15. The molecule has 4 rings (SSSR count). The van der Waals surface area contributed by atoms with Gasteiger partial charge in [-0.3, -0.25) is 14.2 Å². The lowest BCUT2D eigenvalue weighted by Gasteiger charge is -2.16. The quantitative estimate of drug-likeness (QED) is 0.398. The van der Waals surface area contributed by atoms with Crippen molar-refractivity contribution in [3.05, 3.63) is 56.7 Å². The third-order valence-corrected chi connectivity index (χ3v) is 6.57. The molecule has 0 aliphatic heterocycles. The molecular weight excluding hydrogens is 352 g/mol. The van der Waals surface area contributed by atoms with Crippen LogP contribution in [0.2, 0.25) is 0 Å². The Morgan fingerprint density at radius 3 is 2.88 bits per heavy atom. The summed E-state index contributed by atoms with van der Waals surface area (Å²) in [5, 5.41) is 2.45. The molecule has 1 aromatic carbocycles. The van der Waals surface area contributed by atoms with E-state index in [2.05, 4.69) is 11.1 Å². The number of thioether (sulfide) groups is 1. The Bertz CT molecular complexity index is 1020. The van der Waals surface area contributed by atoms with E-state index in [0.29, 0.717) is 15.4 Å². The highest BCUT2D eigenvalue weighted by molar-refractivity contribution is 7.99. The lowest BCUT2D eigenvalue weighted by Crippen LogP contribution is -2.19. The van der Waals surface area contributed by atoms with Crippen molar-refractivity contribution in [2.24, 2.45) is 7.05 Å². The third-order valence-electron chi connectivity index (χ3n) is 4.65. The maximum atomic E-state index is 12.6. The molecule has 0 unspecified atom stereocenters. The van der Waals surface area contributed by atoms with Gasteiger partial charge in [-0.1, -0.05) is 23.9 Å². The number of aryl methyl sites for hydroxylation is 2. The monoisotopic (exact) mass is 370 g/mol. The van der Waals surface area contributed by atoms with Crippen LogP contribution in [-0.2, 0) is 19.9 Å². The first-order valence-electron chi connectivity index (χ1n) is 8.35. The first-order valence-corrected chi connectivity index (χ1v) is 10.2. The molecule has 0 spiro atoms. The fourth-order valence-corrected chi connectivity index (χ4v) is 4.89. The van der Waals surface area contributed by atoms with Crippen LogP contribution in [0.4, 0.5) is 0 Å². The summed E-state index contributed by atoms with van der Waals surface area (Å²) in [4.78, 5) is 29.4. The highest BCUT2D eigenvalue weighted by Crippen LogP contribution is 2.24. The van der Waals surface area contributed by atoms with Gasteiger partial charge in [-0.05, 0) is 54.3 Å². The molecule has 0 saturated heterocycles. The van der Waals surface area contributed by atoms with Gasteiger partial charge in [-0.15, -0.1) is 11.3 Å². The number of hydrogen-bond donors (Lipinski definition) is 0. The van der Waals surface area contributed by atoms with Crippen LogP contribution in [0.1, 0.15) is 34.3 Å². The van der Waals surface area contributed by atoms with Crippen LogP contribution < -0.4 is 5.56 Å². The number of thiophene rings is 1. The third kappa shape index (κ3) is 3.16. The molecule has 1 aliphatic rings. The normalized spacial score (nSPS) is 13.8. The summed E-state index contributed by atoms with van der Waals surface area (Å²) in [6.07, 6.45) is 4.62. The van der Waals surface area contributed by atoms with Gasteiger partial charge < -0.3 is 0 Å². The Morgan fingerprint density at radius 2 is 2.04 bits per heavy atom. The maximum absolute atomic E-state index is 12.6. The minimum atomic E-state index is -0.0521. The number of benzene rings is 1. The van der Waals surface area contributed by atoms with Gasteiger partial charge in [0.2, 0.25) is 0 Å². The van der Waals surface area contributed by atoms with Crippen molar-refractivity contribution in [3.63, 3.8) is 0 Å². The van der Waals surface area contributed by atoms with E-state index in [0.717, 1.165) is 18.4 Å². The molecule has 0 radical (unpaired) electrons. The molecule has 0 N–H and O–H groups in total. The van der Waals surface area contributed by atoms with E-state index in [-0.39, 0.29) is 17.1 Å². The fourth-order valence-electron chi connectivity index (χ4n) is 3.22. The van der Waals surface area contributed by atoms with Gasteiger partial charge in [0, 0.05) is 12.6 Å². The predicted molar refractivity (Wildman–Crippen MR) is 103 cm³/mol. The molecule has 3 aromatic rings. The van der Waals surface area contributed by atoms with Crippen molar-refractivity contribution in [1.29, 1.82) is 0 Å². The SMILES string of the molecule is Cn1c(SCC(=O)c2ccc3c(c2)CCCC3)nc2ccsc2c1=O. The van der Waals surface area contributed by atoms with Crippen molar-refractivity contribution in [1.82, 2.24) is 9.55 Å². The summed E-state index contributed by atoms with van der Waals surface area (Å²) in [6.45, 7) is 0. The predicted octanol–water partition coefficient (Wildman–Crippen LogP) is 3.85.